The average Bonchev–Trinajstić information content (AvgIpc) is 2.64. The Bertz CT molecular complexity index is 541. The molecule has 1 aromatic rings. The SMILES string of the molecule is CCCCOCCCNC(=NC)NCc1ccc(NC(=O)C(C)C)cc1. The molecule has 0 heterocycles. The lowest BCUT2D eigenvalue weighted by atomic mass is 10.1. The maximum absolute atomic E-state index is 11.7. The maximum atomic E-state index is 11.7. The Morgan fingerprint density at radius 3 is 2.42 bits per heavy atom. The average molecular weight is 363 g/mol. The van der Waals surface area contributed by atoms with Crippen LogP contribution < -0.4 is 16.0 Å². The summed E-state index contributed by atoms with van der Waals surface area (Å²) < 4.78 is 5.54. The van der Waals surface area contributed by atoms with E-state index < -0.39 is 0 Å². The topological polar surface area (TPSA) is 74.8 Å². The van der Waals surface area contributed by atoms with E-state index in [9.17, 15) is 4.79 Å². The van der Waals surface area contributed by atoms with Crippen LogP contribution in [0.15, 0.2) is 29.3 Å². The molecule has 0 saturated carbocycles. The number of unbranched alkanes of at least 4 members (excludes halogenated alkanes) is 1. The second-order valence-electron chi connectivity index (χ2n) is 6.51. The molecule has 0 unspecified atom stereocenters. The summed E-state index contributed by atoms with van der Waals surface area (Å²) in [6.45, 7) is 9.03. The summed E-state index contributed by atoms with van der Waals surface area (Å²) >= 11 is 0. The molecule has 0 spiro atoms. The first kappa shape index (κ1) is 22.0. The molecule has 0 aliphatic carbocycles. The first-order valence-electron chi connectivity index (χ1n) is 9.48. The van der Waals surface area contributed by atoms with Crippen LogP contribution in [0.3, 0.4) is 0 Å². The van der Waals surface area contributed by atoms with E-state index in [0.29, 0.717) is 6.54 Å². The fraction of sp³-hybridized carbons (Fsp3) is 0.600. The van der Waals surface area contributed by atoms with Crippen LogP contribution in [0.2, 0.25) is 0 Å². The number of hydrogen-bond acceptors (Lipinski definition) is 3. The number of nitrogens with one attached hydrogen (secondary N) is 3. The highest BCUT2D eigenvalue weighted by Gasteiger charge is 2.06. The molecule has 0 aromatic heterocycles. The van der Waals surface area contributed by atoms with E-state index in [0.717, 1.165) is 49.8 Å². The molecule has 0 fully saturated rings. The van der Waals surface area contributed by atoms with Gasteiger partial charge in [0.15, 0.2) is 5.96 Å². The summed E-state index contributed by atoms with van der Waals surface area (Å²) in [6.07, 6.45) is 3.24. The zero-order chi connectivity index (χ0) is 19.2. The van der Waals surface area contributed by atoms with Crippen LogP contribution in [0, 0.1) is 5.92 Å². The third-order valence-electron chi connectivity index (χ3n) is 3.83. The number of carbonyl (C=O) groups excluding carboxylic acids is 1. The molecule has 1 rings (SSSR count). The van der Waals surface area contributed by atoms with Gasteiger partial charge in [-0.15, -0.1) is 0 Å². The summed E-state index contributed by atoms with van der Waals surface area (Å²) in [7, 11) is 1.76. The minimum atomic E-state index is -0.0252. The van der Waals surface area contributed by atoms with Crippen molar-refractivity contribution in [3.63, 3.8) is 0 Å². The van der Waals surface area contributed by atoms with Gasteiger partial charge in [-0.1, -0.05) is 39.3 Å². The van der Waals surface area contributed by atoms with Crippen molar-refractivity contribution < 1.29 is 9.53 Å². The van der Waals surface area contributed by atoms with E-state index in [-0.39, 0.29) is 11.8 Å². The van der Waals surface area contributed by atoms with Gasteiger partial charge in [0.25, 0.3) is 0 Å². The van der Waals surface area contributed by atoms with Crippen molar-refractivity contribution in [1.29, 1.82) is 0 Å². The van der Waals surface area contributed by atoms with Crippen molar-refractivity contribution in [3.05, 3.63) is 29.8 Å². The number of aliphatic imine (C=N–C) groups is 1. The van der Waals surface area contributed by atoms with E-state index in [1.165, 1.54) is 6.42 Å². The molecule has 6 nitrogen and oxygen atoms in total. The quantitative estimate of drug-likeness (QED) is 0.321. The van der Waals surface area contributed by atoms with Crippen LogP contribution >= 0.6 is 0 Å². The predicted octanol–water partition coefficient (Wildman–Crippen LogP) is 3.15. The van der Waals surface area contributed by atoms with E-state index >= 15 is 0 Å². The van der Waals surface area contributed by atoms with Gasteiger partial charge in [-0.05, 0) is 30.5 Å². The second kappa shape index (κ2) is 13.2. The maximum Gasteiger partial charge on any atom is 0.226 e. The van der Waals surface area contributed by atoms with Crippen LogP contribution in [0.1, 0.15) is 45.6 Å². The number of benzene rings is 1. The van der Waals surface area contributed by atoms with Gasteiger partial charge in [-0.3, -0.25) is 9.79 Å². The van der Waals surface area contributed by atoms with Crippen LogP contribution in [0.25, 0.3) is 0 Å². The Morgan fingerprint density at radius 1 is 1.12 bits per heavy atom. The molecule has 1 amide bonds. The first-order valence-corrected chi connectivity index (χ1v) is 9.48. The molecule has 0 aliphatic heterocycles. The number of hydrogen-bond donors (Lipinski definition) is 3. The summed E-state index contributed by atoms with van der Waals surface area (Å²) in [5, 5.41) is 9.46. The summed E-state index contributed by atoms with van der Waals surface area (Å²) in [6, 6.07) is 7.83. The van der Waals surface area contributed by atoms with Gasteiger partial charge < -0.3 is 20.7 Å². The molecule has 6 heteroatoms. The van der Waals surface area contributed by atoms with E-state index in [1.807, 2.05) is 38.1 Å². The monoisotopic (exact) mass is 362 g/mol. The number of amides is 1. The second-order valence-corrected chi connectivity index (χ2v) is 6.51. The fourth-order valence-corrected chi connectivity index (χ4v) is 2.13. The molecule has 26 heavy (non-hydrogen) atoms. The van der Waals surface area contributed by atoms with Crippen molar-refractivity contribution >= 4 is 17.6 Å². The van der Waals surface area contributed by atoms with Crippen LogP contribution in [-0.4, -0.2) is 38.7 Å². The molecule has 0 saturated heterocycles. The summed E-state index contributed by atoms with van der Waals surface area (Å²) in [5.74, 6) is 0.776. The van der Waals surface area contributed by atoms with Crippen molar-refractivity contribution in [3.8, 4) is 0 Å². The highest BCUT2D eigenvalue weighted by atomic mass is 16.5. The molecule has 0 atom stereocenters. The number of anilines is 1. The van der Waals surface area contributed by atoms with Gasteiger partial charge in [0.2, 0.25) is 5.91 Å². The Hall–Kier alpha value is -2.08. The zero-order valence-electron chi connectivity index (χ0n) is 16.6. The lowest BCUT2D eigenvalue weighted by Crippen LogP contribution is -2.37. The van der Waals surface area contributed by atoms with E-state index in [4.69, 9.17) is 4.74 Å². The third kappa shape index (κ3) is 9.42. The Balaban J connectivity index is 2.27. The van der Waals surface area contributed by atoms with E-state index in [2.05, 4.69) is 27.9 Å². The lowest BCUT2D eigenvalue weighted by Gasteiger charge is -2.13. The molecule has 0 radical (unpaired) electrons. The predicted molar refractivity (Wildman–Crippen MR) is 108 cm³/mol. The number of nitrogens with zero attached hydrogens (tertiary/aromatic N) is 1. The number of ether oxygens (including phenoxy) is 1. The highest BCUT2D eigenvalue weighted by Crippen LogP contribution is 2.10. The zero-order valence-corrected chi connectivity index (χ0v) is 16.6. The molecule has 146 valence electrons. The van der Waals surface area contributed by atoms with Crippen LogP contribution in [0.5, 0.6) is 0 Å². The third-order valence-corrected chi connectivity index (χ3v) is 3.83. The van der Waals surface area contributed by atoms with Crippen LogP contribution in [-0.2, 0) is 16.1 Å². The summed E-state index contributed by atoms with van der Waals surface area (Å²) in [5.41, 5.74) is 1.94. The largest absolute Gasteiger partial charge is 0.381 e. The highest BCUT2D eigenvalue weighted by molar-refractivity contribution is 5.92. The van der Waals surface area contributed by atoms with E-state index in [1.54, 1.807) is 7.05 Å². The van der Waals surface area contributed by atoms with Crippen molar-refractivity contribution in [2.24, 2.45) is 10.9 Å². The number of carbonyl (C=O) groups is 1. The molecule has 1 aromatic carbocycles. The molecular formula is C20H34N4O2. The molecule has 3 N–H and O–H groups in total. The van der Waals surface area contributed by atoms with Gasteiger partial charge in [-0.25, -0.2) is 0 Å². The molecule has 0 aliphatic rings. The van der Waals surface area contributed by atoms with Gasteiger partial charge in [0, 0.05) is 45.0 Å². The van der Waals surface area contributed by atoms with Crippen molar-refractivity contribution in [2.45, 2.75) is 46.6 Å². The number of rotatable bonds is 11. The smallest absolute Gasteiger partial charge is 0.226 e. The van der Waals surface area contributed by atoms with Crippen molar-refractivity contribution in [1.82, 2.24) is 10.6 Å². The van der Waals surface area contributed by atoms with Gasteiger partial charge >= 0.3 is 0 Å². The summed E-state index contributed by atoms with van der Waals surface area (Å²) in [4.78, 5) is 15.9. The Labute approximate surface area is 157 Å². The normalized spacial score (nSPS) is 11.5. The van der Waals surface area contributed by atoms with Crippen LogP contribution in [0.4, 0.5) is 5.69 Å². The minimum Gasteiger partial charge on any atom is -0.381 e. The van der Waals surface area contributed by atoms with Gasteiger partial charge in [0.05, 0.1) is 0 Å². The fourth-order valence-electron chi connectivity index (χ4n) is 2.13. The molecular weight excluding hydrogens is 328 g/mol. The standard InChI is InChI=1S/C20H34N4O2/c1-5-6-13-26-14-7-12-22-20(21-4)23-15-17-8-10-18(11-9-17)24-19(25)16(2)3/h8-11,16H,5-7,12-15H2,1-4H3,(H,24,25)(H2,21,22,23). The Morgan fingerprint density at radius 2 is 1.81 bits per heavy atom. The minimum absolute atomic E-state index is 0.0252. The molecule has 0 bridgehead atoms. The van der Waals surface area contributed by atoms with Gasteiger partial charge in [0.1, 0.15) is 0 Å². The number of guanidine groups is 1. The first-order chi connectivity index (χ1) is 12.6. The van der Waals surface area contributed by atoms with Gasteiger partial charge in [-0.2, -0.15) is 0 Å². The lowest BCUT2D eigenvalue weighted by molar-refractivity contribution is -0.118. The van der Waals surface area contributed by atoms with Crippen molar-refractivity contribution in [2.75, 3.05) is 32.1 Å². The Kier molecular flexibility index (Phi) is 11.1.